The summed E-state index contributed by atoms with van der Waals surface area (Å²) in [5, 5.41) is 16.5. The molecular weight excluding hydrogens is 438 g/mol. The van der Waals surface area contributed by atoms with Gasteiger partial charge in [-0.05, 0) is 37.1 Å². The first-order valence-electron chi connectivity index (χ1n) is 10.5. The van der Waals surface area contributed by atoms with Gasteiger partial charge in [-0.25, -0.2) is 14.6 Å². The molecule has 2 amide bonds. The van der Waals surface area contributed by atoms with Crippen molar-refractivity contribution >= 4 is 45.8 Å². The number of anilines is 2. The van der Waals surface area contributed by atoms with Crippen LogP contribution in [0.2, 0.25) is 0 Å². The van der Waals surface area contributed by atoms with Gasteiger partial charge in [0.2, 0.25) is 5.91 Å². The first-order valence-corrected chi connectivity index (χ1v) is 10.5. The Morgan fingerprint density at radius 2 is 2.21 bits per heavy atom. The Labute approximate surface area is 192 Å². The van der Waals surface area contributed by atoms with Crippen LogP contribution in [0.5, 0.6) is 0 Å². The Morgan fingerprint density at radius 1 is 1.35 bits per heavy atom. The van der Waals surface area contributed by atoms with Gasteiger partial charge in [-0.15, -0.1) is 0 Å². The molecular formula is C22H19N9O3. The van der Waals surface area contributed by atoms with Gasteiger partial charge in [0.1, 0.15) is 17.7 Å². The third kappa shape index (κ3) is 3.58. The van der Waals surface area contributed by atoms with E-state index in [9.17, 15) is 9.59 Å². The van der Waals surface area contributed by atoms with Gasteiger partial charge in [0.05, 0.1) is 23.1 Å². The molecule has 4 aromatic rings. The molecule has 3 N–H and O–H groups in total. The maximum atomic E-state index is 13.2. The van der Waals surface area contributed by atoms with E-state index in [1.165, 1.54) is 12.4 Å². The van der Waals surface area contributed by atoms with Crippen molar-refractivity contribution in [2.75, 3.05) is 24.1 Å². The van der Waals surface area contributed by atoms with E-state index in [1.54, 1.807) is 27.8 Å². The first kappa shape index (κ1) is 21.1. The number of piperidine rings is 1. The number of carbonyl (C=O) groups is 2. The number of aromatic nitrogens is 5. The summed E-state index contributed by atoms with van der Waals surface area (Å²) in [5.74, 6) is -0.664. The van der Waals surface area contributed by atoms with E-state index in [4.69, 9.17) is 15.4 Å². The number of hydrogen-bond acceptors (Lipinski definition) is 9. The number of benzene rings is 1. The van der Waals surface area contributed by atoms with Gasteiger partial charge in [0.25, 0.3) is 5.91 Å². The second-order valence-electron chi connectivity index (χ2n) is 7.80. The molecule has 1 aliphatic rings. The van der Waals surface area contributed by atoms with E-state index in [-0.39, 0.29) is 29.5 Å². The van der Waals surface area contributed by atoms with Gasteiger partial charge in [0.15, 0.2) is 16.9 Å². The zero-order valence-corrected chi connectivity index (χ0v) is 17.9. The number of nitrogens with two attached hydrogens (primary N) is 1. The summed E-state index contributed by atoms with van der Waals surface area (Å²) in [5.41, 5.74) is 7.77. The van der Waals surface area contributed by atoms with Crippen LogP contribution >= 0.6 is 0 Å². The van der Waals surface area contributed by atoms with Crippen molar-refractivity contribution in [1.29, 1.82) is 5.26 Å². The normalized spacial score (nSPS) is 15.9. The monoisotopic (exact) mass is 457 g/mol. The van der Waals surface area contributed by atoms with E-state index in [2.05, 4.69) is 31.9 Å². The minimum absolute atomic E-state index is 0.0141. The molecule has 0 radical (unpaired) electrons. The summed E-state index contributed by atoms with van der Waals surface area (Å²) < 4.78 is 7.20. The van der Waals surface area contributed by atoms with Crippen LogP contribution in [-0.4, -0.2) is 54.5 Å². The zero-order valence-electron chi connectivity index (χ0n) is 17.9. The van der Waals surface area contributed by atoms with Gasteiger partial charge in [-0.1, -0.05) is 6.58 Å². The molecule has 1 aromatic carbocycles. The second kappa shape index (κ2) is 8.28. The summed E-state index contributed by atoms with van der Waals surface area (Å²) in [7, 11) is 0. The number of oxazole rings is 1. The largest absolute Gasteiger partial charge is 0.423 e. The van der Waals surface area contributed by atoms with Gasteiger partial charge in [0, 0.05) is 13.1 Å². The third-order valence-electron chi connectivity index (χ3n) is 5.70. The van der Waals surface area contributed by atoms with Crippen LogP contribution in [0.4, 0.5) is 11.8 Å². The number of nitriles is 1. The van der Waals surface area contributed by atoms with Gasteiger partial charge in [-0.3, -0.25) is 14.9 Å². The van der Waals surface area contributed by atoms with Crippen LogP contribution in [0.3, 0.4) is 0 Å². The fourth-order valence-electron chi connectivity index (χ4n) is 4.10. The molecule has 0 bridgehead atoms. The molecule has 1 saturated heterocycles. The van der Waals surface area contributed by atoms with Gasteiger partial charge < -0.3 is 15.1 Å². The molecule has 12 nitrogen and oxygen atoms in total. The number of carbonyl (C=O) groups excluding carboxylic acids is 2. The van der Waals surface area contributed by atoms with E-state index < -0.39 is 5.91 Å². The van der Waals surface area contributed by atoms with Crippen LogP contribution in [-0.2, 0) is 4.79 Å². The number of nitrogen functional groups attached to an aromatic ring is 1. The molecule has 12 heteroatoms. The Kier molecular flexibility index (Phi) is 5.14. The second-order valence-corrected chi connectivity index (χ2v) is 7.80. The van der Waals surface area contributed by atoms with Crippen molar-refractivity contribution in [3.8, 4) is 6.07 Å². The fourth-order valence-corrected chi connectivity index (χ4v) is 4.10. The highest BCUT2D eigenvalue weighted by atomic mass is 16.4. The summed E-state index contributed by atoms with van der Waals surface area (Å²) in [6.07, 6.45) is 4.10. The number of amides is 2. The maximum Gasteiger partial charge on any atom is 0.302 e. The van der Waals surface area contributed by atoms with Crippen molar-refractivity contribution in [1.82, 2.24) is 29.6 Å². The molecule has 0 aliphatic carbocycles. The van der Waals surface area contributed by atoms with Crippen LogP contribution in [0.25, 0.3) is 22.1 Å². The zero-order chi connectivity index (χ0) is 23.8. The van der Waals surface area contributed by atoms with E-state index in [1.807, 2.05) is 6.07 Å². The van der Waals surface area contributed by atoms with Crippen molar-refractivity contribution in [3.05, 3.63) is 48.4 Å². The molecule has 1 atom stereocenters. The molecule has 4 heterocycles. The summed E-state index contributed by atoms with van der Waals surface area (Å²) in [4.78, 5) is 39.5. The van der Waals surface area contributed by atoms with Crippen LogP contribution in [0.1, 0.15) is 34.9 Å². The number of rotatable bonds is 4. The lowest BCUT2D eigenvalue weighted by Gasteiger charge is -2.32. The highest BCUT2D eigenvalue weighted by Gasteiger charge is 2.29. The van der Waals surface area contributed by atoms with Crippen molar-refractivity contribution in [2.24, 2.45) is 0 Å². The molecule has 170 valence electrons. The Hall–Kier alpha value is -4.79. The van der Waals surface area contributed by atoms with Crippen LogP contribution < -0.4 is 11.1 Å². The SMILES string of the molecule is C=CC(=O)N1CCCC(n2nc(C(=O)Nc3nc4cc(C#N)ccc4o3)c3c(N)ncnc32)C1. The minimum atomic E-state index is -0.604. The Morgan fingerprint density at radius 3 is 3.00 bits per heavy atom. The van der Waals surface area contributed by atoms with Crippen LogP contribution in [0.15, 0.2) is 41.6 Å². The fraction of sp³-hybridized carbons (Fsp3) is 0.227. The minimum Gasteiger partial charge on any atom is -0.423 e. The average molecular weight is 457 g/mol. The average Bonchev–Trinajstić information content (AvgIpc) is 3.45. The molecule has 34 heavy (non-hydrogen) atoms. The topological polar surface area (TPSA) is 169 Å². The number of hydrogen-bond donors (Lipinski definition) is 2. The summed E-state index contributed by atoms with van der Waals surface area (Å²) in [6.45, 7) is 4.58. The van der Waals surface area contributed by atoms with Crippen LogP contribution in [0, 0.1) is 11.3 Å². The Bertz CT molecular complexity index is 1500. The predicted octanol–water partition coefficient (Wildman–Crippen LogP) is 2.02. The number of nitrogens with zero attached hydrogens (tertiary/aromatic N) is 7. The van der Waals surface area contributed by atoms with Crippen molar-refractivity contribution in [3.63, 3.8) is 0 Å². The standard InChI is InChI=1S/C22H19N9O3/c1-2-16(32)30-7-3-4-13(10-30)31-20-17(19(24)25-11-26-20)18(29-31)21(33)28-22-27-14-8-12(9-23)5-6-15(14)34-22/h2,5-6,8,11,13H,1,3-4,7,10H2,(H2,24,25,26)(H,27,28,33). The summed E-state index contributed by atoms with van der Waals surface area (Å²) >= 11 is 0. The molecule has 0 saturated carbocycles. The number of likely N-dealkylation sites (tertiary alicyclic amines) is 1. The van der Waals surface area contributed by atoms with E-state index in [0.29, 0.717) is 40.8 Å². The van der Waals surface area contributed by atoms with E-state index in [0.717, 1.165) is 12.8 Å². The van der Waals surface area contributed by atoms with Crippen molar-refractivity contribution in [2.45, 2.75) is 18.9 Å². The molecule has 5 rings (SSSR count). The highest BCUT2D eigenvalue weighted by molar-refractivity contribution is 6.12. The van der Waals surface area contributed by atoms with Crippen molar-refractivity contribution < 1.29 is 14.0 Å². The quantitative estimate of drug-likeness (QED) is 0.435. The molecule has 1 aliphatic heterocycles. The van der Waals surface area contributed by atoms with E-state index >= 15 is 0 Å². The lowest BCUT2D eigenvalue weighted by atomic mass is 10.1. The smallest absolute Gasteiger partial charge is 0.302 e. The van der Waals surface area contributed by atoms with Gasteiger partial charge in [-0.2, -0.15) is 15.3 Å². The van der Waals surface area contributed by atoms with Gasteiger partial charge >= 0.3 is 6.01 Å². The molecule has 1 fully saturated rings. The third-order valence-corrected chi connectivity index (χ3v) is 5.70. The molecule has 3 aromatic heterocycles. The predicted molar refractivity (Wildman–Crippen MR) is 121 cm³/mol. The molecule has 1 unspecified atom stereocenters. The summed E-state index contributed by atoms with van der Waals surface area (Å²) in [6, 6.07) is 6.53. The highest BCUT2D eigenvalue weighted by Crippen LogP contribution is 2.29. The first-order chi connectivity index (χ1) is 16.5. The number of fused-ring (bicyclic) bond motifs is 2. The lowest BCUT2D eigenvalue weighted by molar-refractivity contribution is -0.127. The maximum absolute atomic E-state index is 13.2. The lowest BCUT2D eigenvalue weighted by Crippen LogP contribution is -2.40. The Balaban J connectivity index is 1.50. The number of nitrogens with one attached hydrogen (secondary N) is 1. The molecule has 0 spiro atoms.